The second kappa shape index (κ2) is 6.93. The van der Waals surface area contributed by atoms with Crippen LogP contribution in [0.25, 0.3) is 0 Å². The van der Waals surface area contributed by atoms with Crippen LogP contribution in [0.5, 0.6) is 0 Å². The lowest BCUT2D eigenvalue weighted by atomic mass is 10.2. The molecule has 2 rings (SSSR count). The van der Waals surface area contributed by atoms with Crippen molar-refractivity contribution in [2.45, 2.75) is 19.3 Å². The molecule has 0 spiro atoms. The number of likely N-dealkylation sites (tertiary alicyclic amines) is 1. The van der Waals surface area contributed by atoms with Gasteiger partial charge in [0.25, 0.3) is 0 Å². The number of carbonyl (C=O) groups is 2. The summed E-state index contributed by atoms with van der Waals surface area (Å²) in [7, 11) is 0. The molecule has 0 bridgehead atoms. The van der Waals surface area contributed by atoms with Crippen LogP contribution in [0.4, 0.5) is 5.69 Å². The van der Waals surface area contributed by atoms with Gasteiger partial charge in [-0.2, -0.15) is 0 Å². The standard InChI is InChI=1S/C15H20N2O3/c18-14(16-9-4-5-10-16)12-17(11-8-15(19)20)13-6-2-1-3-7-13/h1-3,6-7H,4-5,8-12H2,(H,19,20). The van der Waals surface area contributed by atoms with E-state index in [2.05, 4.69) is 0 Å². The first-order chi connectivity index (χ1) is 9.66. The monoisotopic (exact) mass is 276 g/mol. The largest absolute Gasteiger partial charge is 0.481 e. The highest BCUT2D eigenvalue weighted by molar-refractivity contribution is 5.82. The molecule has 0 radical (unpaired) electrons. The highest BCUT2D eigenvalue weighted by atomic mass is 16.4. The third-order valence-corrected chi connectivity index (χ3v) is 3.50. The van der Waals surface area contributed by atoms with E-state index in [9.17, 15) is 9.59 Å². The Bertz CT molecular complexity index is 455. The van der Waals surface area contributed by atoms with E-state index in [1.165, 1.54) is 0 Å². The summed E-state index contributed by atoms with van der Waals surface area (Å²) in [5.74, 6) is -0.767. The molecular weight excluding hydrogens is 256 g/mol. The fraction of sp³-hybridized carbons (Fsp3) is 0.467. The number of hydrogen-bond acceptors (Lipinski definition) is 3. The summed E-state index contributed by atoms with van der Waals surface area (Å²) < 4.78 is 0. The summed E-state index contributed by atoms with van der Waals surface area (Å²) >= 11 is 0. The minimum atomic E-state index is -0.848. The van der Waals surface area contributed by atoms with Gasteiger partial charge in [-0.15, -0.1) is 0 Å². The van der Waals surface area contributed by atoms with Crippen molar-refractivity contribution in [3.63, 3.8) is 0 Å². The van der Waals surface area contributed by atoms with Gasteiger partial charge >= 0.3 is 5.97 Å². The molecule has 1 aliphatic heterocycles. The second-order valence-corrected chi connectivity index (χ2v) is 4.99. The maximum atomic E-state index is 12.2. The minimum Gasteiger partial charge on any atom is -0.481 e. The Morgan fingerprint density at radius 3 is 2.40 bits per heavy atom. The van der Waals surface area contributed by atoms with E-state index < -0.39 is 5.97 Å². The quantitative estimate of drug-likeness (QED) is 0.857. The van der Waals surface area contributed by atoms with Crippen molar-refractivity contribution in [1.82, 2.24) is 4.90 Å². The molecule has 0 aromatic heterocycles. The van der Waals surface area contributed by atoms with Crippen LogP contribution in [0.15, 0.2) is 30.3 Å². The molecule has 5 heteroatoms. The number of hydrogen-bond donors (Lipinski definition) is 1. The van der Waals surface area contributed by atoms with E-state index in [0.29, 0.717) is 6.54 Å². The molecule has 1 amide bonds. The van der Waals surface area contributed by atoms with Gasteiger partial charge in [0.05, 0.1) is 13.0 Å². The highest BCUT2D eigenvalue weighted by Gasteiger charge is 2.20. The molecule has 0 unspecified atom stereocenters. The Kier molecular flexibility index (Phi) is 4.98. The molecule has 1 fully saturated rings. The molecule has 0 saturated carbocycles. The van der Waals surface area contributed by atoms with Gasteiger partial charge < -0.3 is 14.9 Å². The van der Waals surface area contributed by atoms with Crippen molar-refractivity contribution in [2.75, 3.05) is 31.1 Å². The van der Waals surface area contributed by atoms with Crippen molar-refractivity contribution in [3.8, 4) is 0 Å². The summed E-state index contributed by atoms with van der Waals surface area (Å²) in [4.78, 5) is 26.7. The molecule has 5 nitrogen and oxygen atoms in total. The number of para-hydroxylation sites is 1. The van der Waals surface area contributed by atoms with Crippen molar-refractivity contribution in [3.05, 3.63) is 30.3 Å². The Hall–Kier alpha value is -2.04. The minimum absolute atomic E-state index is 0.0299. The molecule has 1 heterocycles. The highest BCUT2D eigenvalue weighted by Crippen LogP contribution is 2.15. The third-order valence-electron chi connectivity index (χ3n) is 3.50. The van der Waals surface area contributed by atoms with Crippen LogP contribution in [0.2, 0.25) is 0 Å². The van der Waals surface area contributed by atoms with Crippen molar-refractivity contribution in [2.24, 2.45) is 0 Å². The predicted molar refractivity (Wildman–Crippen MR) is 76.7 cm³/mol. The Labute approximate surface area is 118 Å². The van der Waals surface area contributed by atoms with Gasteiger partial charge in [0.15, 0.2) is 0 Å². The molecule has 1 N–H and O–H groups in total. The van der Waals surface area contributed by atoms with Crippen LogP contribution in [0.3, 0.4) is 0 Å². The first-order valence-corrected chi connectivity index (χ1v) is 6.96. The average Bonchev–Trinajstić information content (AvgIpc) is 2.98. The molecule has 1 aliphatic rings. The summed E-state index contributed by atoms with van der Waals surface area (Å²) in [5, 5.41) is 8.83. The molecule has 20 heavy (non-hydrogen) atoms. The maximum Gasteiger partial charge on any atom is 0.305 e. The van der Waals surface area contributed by atoms with Crippen molar-refractivity contribution >= 4 is 17.6 Å². The number of benzene rings is 1. The summed E-state index contributed by atoms with van der Waals surface area (Å²) in [6.07, 6.45) is 2.15. The number of carbonyl (C=O) groups excluding carboxylic acids is 1. The topological polar surface area (TPSA) is 60.9 Å². The second-order valence-electron chi connectivity index (χ2n) is 4.99. The van der Waals surface area contributed by atoms with Crippen LogP contribution in [0, 0.1) is 0 Å². The number of anilines is 1. The number of aliphatic carboxylic acids is 1. The zero-order chi connectivity index (χ0) is 14.4. The first kappa shape index (κ1) is 14.4. The van der Waals surface area contributed by atoms with Gasteiger partial charge in [-0.05, 0) is 25.0 Å². The molecule has 1 aromatic rings. The van der Waals surface area contributed by atoms with Gasteiger partial charge in [0.2, 0.25) is 5.91 Å². The number of nitrogens with zero attached hydrogens (tertiary/aromatic N) is 2. The van der Waals surface area contributed by atoms with Gasteiger partial charge in [0, 0.05) is 25.3 Å². The normalized spacial score (nSPS) is 14.3. The first-order valence-electron chi connectivity index (χ1n) is 6.96. The van der Waals surface area contributed by atoms with E-state index >= 15 is 0 Å². The fourth-order valence-corrected chi connectivity index (χ4v) is 2.40. The lowest BCUT2D eigenvalue weighted by Gasteiger charge is -2.26. The zero-order valence-corrected chi connectivity index (χ0v) is 11.5. The zero-order valence-electron chi connectivity index (χ0n) is 11.5. The van der Waals surface area contributed by atoms with Gasteiger partial charge in [-0.3, -0.25) is 9.59 Å². The van der Waals surface area contributed by atoms with Gasteiger partial charge in [-0.25, -0.2) is 0 Å². The van der Waals surface area contributed by atoms with Crippen LogP contribution in [-0.4, -0.2) is 48.1 Å². The molecule has 1 saturated heterocycles. The SMILES string of the molecule is O=C(O)CCN(CC(=O)N1CCCC1)c1ccccc1. The maximum absolute atomic E-state index is 12.2. The van der Waals surface area contributed by atoms with Gasteiger partial charge in [-0.1, -0.05) is 18.2 Å². The van der Waals surface area contributed by atoms with Crippen LogP contribution in [0.1, 0.15) is 19.3 Å². The predicted octanol–water partition coefficient (Wildman–Crippen LogP) is 1.59. The van der Waals surface area contributed by atoms with E-state index in [4.69, 9.17) is 5.11 Å². The molecule has 1 aromatic carbocycles. The van der Waals surface area contributed by atoms with Crippen molar-refractivity contribution in [1.29, 1.82) is 0 Å². The fourth-order valence-electron chi connectivity index (χ4n) is 2.40. The number of carboxylic acids is 1. The van der Waals surface area contributed by atoms with Crippen LogP contribution in [-0.2, 0) is 9.59 Å². The summed E-state index contributed by atoms with van der Waals surface area (Å²) in [6.45, 7) is 2.23. The van der Waals surface area contributed by atoms with E-state index in [1.54, 1.807) is 0 Å². The molecule has 0 atom stereocenters. The molecule has 0 aliphatic carbocycles. The Morgan fingerprint density at radius 1 is 1.15 bits per heavy atom. The molecular formula is C15H20N2O3. The smallest absolute Gasteiger partial charge is 0.305 e. The van der Waals surface area contributed by atoms with Crippen LogP contribution < -0.4 is 4.90 Å². The van der Waals surface area contributed by atoms with E-state index in [-0.39, 0.29) is 18.9 Å². The number of rotatable bonds is 6. The van der Waals surface area contributed by atoms with Crippen LogP contribution >= 0.6 is 0 Å². The Balaban J connectivity index is 2.01. The Morgan fingerprint density at radius 2 is 1.80 bits per heavy atom. The summed E-state index contributed by atoms with van der Waals surface area (Å²) in [6, 6.07) is 9.49. The lowest BCUT2D eigenvalue weighted by molar-refractivity contribution is -0.137. The lowest BCUT2D eigenvalue weighted by Crippen LogP contribution is -2.39. The third kappa shape index (κ3) is 3.98. The summed E-state index contributed by atoms with van der Waals surface area (Å²) in [5.41, 5.74) is 0.890. The van der Waals surface area contributed by atoms with E-state index in [0.717, 1.165) is 31.6 Å². The molecule has 108 valence electrons. The van der Waals surface area contributed by atoms with Gasteiger partial charge in [0.1, 0.15) is 0 Å². The number of amides is 1. The average molecular weight is 276 g/mol. The number of carboxylic acid groups (broad SMARTS) is 1. The van der Waals surface area contributed by atoms with Crippen molar-refractivity contribution < 1.29 is 14.7 Å². The van der Waals surface area contributed by atoms with E-state index in [1.807, 2.05) is 40.1 Å².